The Morgan fingerprint density at radius 2 is 1.81 bits per heavy atom. The van der Waals surface area contributed by atoms with Crippen molar-refractivity contribution in [3.8, 4) is 5.75 Å². The van der Waals surface area contributed by atoms with Crippen molar-refractivity contribution in [3.63, 3.8) is 0 Å². The molecule has 2 aromatic heterocycles. The zero-order valence-corrected chi connectivity index (χ0v) is 15.9. The van der Waals surface area contributed by atoms with E-state index < -0.39 is 0 Å². The highest BCUT2D eigenvalue weighted by atomic mass is 19.1. The topological polar surface area (TPSA) is 33.0 Å². The summed E-state index contributed by atoms with van der Waals surface area (Å²) in [6, 6.07) is 9.35. The third-order valence-electron chi connectivity index (χ3n) is 5.20. The van der Waals surface area contributed by atoms with E-state index in [1.807, 2.05) is 12.3 Å². The molecule has 6 heteroatoms. The van der Waals surface area contributed by atoms with Crippen LogP contribution in [0.5, 0.6) is 5.75 Å². The Morgan fingerprint density at radius 1 is 1.07 bits per heavy atom. The molecule has 1 aromatic carbocycles. The smallest absolute Gasteiger partial charge is 0.165 e. The molecule has 4 rings (SSSR count). The Labute approximate surface area is 159 Å². The number of piperazine rings is 1. The number of rotatable bonds is 5. The van der Waals surface area contributed by atoms with E-state index in [0.29, 0.717) is 5.75 Å². The number of aryl methyl sites for hydroxylation is 1. The third-order valence-corrected chi connectivity index (χ3v) is 5.20. The Kier molecular flexibility index (Phi) is 5.09. The number of hydrogen-bond acceptors (Lipinski definition) is 4. The lowest BCUT2D eigenvalue weighted by atomic mass is 10.2. The largest absolute Gasteiger partial charge is 0.494 e. The van der Waals surface area contributed by atoms with Gasteiger partial charge in [-0.3, -0.25) is 9.80 Å². The summed E-state index contributed by atoms with van der Waals surface area (Å²) in [6.07, 6.45) is 4.17. The number of imidazole rings is 1. The van der Waals surface area contributed by atoms with Gasteiger partial charge in [0.05, 0.1) is 12.8 Å². The molecule has 142 valence electrons. The summed E-state index contributed by atoms with van der Waals surface area (Å²) in [5.41, 5.74) is 4.32. The van der Waals surface area contributed by atoms with Crippen LogP contribution in [0.3, 0.4) is 0 Å². The number of aromatic nitrogens is 2. The van der Waals surface area contributed by atoms with Crippen molar-refractivity contribution in [1.29, 1.82) is 0 Å². The van der Waals surface area contributed by atoms with Crippen LogP contribution in [0.15, 0.2) is 42.7 Å². The molecule has 1 fully saturated rings. The number of nitrogens with zero attached hydrogens (tertiary/aromatic N) is 4. The molecule has 1 aliphatic heterocycles. The van der Waals surface area contributed by atoms with Gasteiger partial charge in [-0.05, 0) is 36.2 Å². The number of fused-ring (bicyclic) bond motifs is 1. The van der Waals surface area contributed by atoms with E-state index in [-0.39, 0.29) is 5.82 Å². The summed E-state index contributed by atoms with van der Waals surface area (Å²) in [7, 11) is 1.49. The van der Waals surface area contributed by atoms with Crippen LogP contribution in [0.25, 0.3) is 5.65 Å². The Balaban J connectivity index is 1.33. The summed E-state index contributed by atoms with van der Waals surface area (Å²) in [5.74, 6) is 0.00189. The number of ether oxygens (including phenoxy) is 1. The molecule has 0 N–H and O–H groups in total. The van der Waals surface area contributed by atoms with Gasteiger partial charge in [0.15, 0.2) is 11.6 Å². The van der Waals surface area contributed by atoms with Crippen LogP contribution in [-0.2, 0) is 13.1 Å². The van der Waals surface area contributed by atoms with Crippen molar-refractivity contribution >= 4 is 5.65 Å². The molecule has 3 aromatic rings. The lowest BCUT2D eigenvalue weighted by Crippen LogP contribution is -2.45. The molecule has 0 saturated carbocycles. The highest BCUT2D eigenvalue weighted by Crippen LogP contribution is 2.19. The molecule has 0 bridgehead atoms. The van der Waals surface area contributed by atoms with Gasteiger partial charge in [0.1, 0.15) is 5.65 Å². The number of halogens is 1. The minimum Gasteiger partial charge on any atom is -0.494 e. The van der Waals surface area contributed by atoms with Crippen molar-refractivity contribution in [2.24, 2.45) is 0 Å². The SMILES string of the molecule is COc1ccc(CN2CCN(Cc3cn4cccc(C)c4n3)CC2)cc1F. The predicted molar refractivity (Wildman–Crippen MR) is 103 cm³/mol. The van der Waals surface area contributed by atoms with E-state index in [9.17, 15) is 4.39 Å². The molecule has 0 aliphatic carbocycles. The van der Waals surface area contributed by atoms with Crippen LogP contribution < -0.4 is 4.74 Å². The number of methoxy groups -OCH3 is 1. The zero-order valence-electron chi connectivity index (χ0n) is 15.9. The highest BCUT2D eigenvalue weighted by molar-refractivity contribution is 5.47. The minimum absolute atomic E-state index is 0.296. The summed E-state index contributed by atoms with van der Waals surface area (Å²) in [5, 5.41) is 0. The fourth-order valence-electron chi connectivity index (χ4n) is 3.68. The van der Waals surface area contributed by atoms with E-state index in [0.717, 1.165) is 56.2 Å². The lowest BCUT2D eigenvalue weighted by Gasteiger charge is -2.34. The van der Waals surface area contributed by atoms with Crippen LogP contribution in [0.4, 0.5) is 4.39 Å². The normalized spacial score (nSPS) is 16.1. The van der Waals surface area contributed by atoms with Crippen molar-refractivity contribution < 1.29 is 9.13 Å². The average Bonchev–Trinajstić information content (AvgIpc) is 3.07. The molecule has 27 heavy (non-hydrogen) atoms. The second-order valence-electron chi connectivity index (χ2n) is 7.18. The molecule has 0 unspecified atom stereocenters. The van der Waals surface area contributed by atoms with Gasteiger partial charge in [-0.2, -0.15) is 0 Å². The van der Waals surface area contributed by atoms with Gasteiger partial charge >= 0.3 is 0 Å². The summed E-state index contributed by atoms with van der Waals surface area (Å²) >= 11 is 0. The van der Waals surface area contributed by atoms with Crippen LogP contribution >= 0.6 is 0 Å². The zero-order chi connectivity index (χ0) is 18.8. The monoisotopic (exact) mass is 368 g/mol. The Hall–Kier alpha value is -2.44. The van der Waals surface area contributed by atoms with E-state index in [4.69, 9.17) is 9.72 Å². The maximum Gasteiger partial charge on any atom is 0.165 e. The molecule has 0 radical (unpaired) electrons. The molecule has 1 aliphatic rings. The van der Waals surface area contributed by atoms with Crippen molar-refractivity contribution in [2.75, 3.05) is 33.3 Å². The summed E-state index contributed by atoms with van der Waals surface area (Å²) in [6.45, 7) is 7.65. The van der Waals surface area contributed by atoms with Crippen LogP contribution in [0.2, 0.25) is 0 Å². The van der Waals surface area contributed by atoms with E-state index in [1.165, 1.54) is 12.7 Å². The van der Waals surface area contributed by atoms with Crippen LogP contribution in [0.1, 0.15) is 16.8 Å². The first kappa shape index (κ1) is 17.9. The summed E-state index contributed by atoms with van der Waals surface area (Å²) in [4.78, 5) is 9.57. The second-order valence-corrected chi connectivity index (χ2v) is 7.18. The van der Waals surface area contributed by atoms with Gasteiger partial charge in [-0.25, -0.2) is 9.37 Å². The van der Waals surface area contributed by atoms with Gasteiger partial charge in [0.2, 0.25) is 0 Å². The third kappa shape index (κ3) is 3.96. The highest BCUT2D eigenvalue weighted by Gasteiger charge is 2.18. The maximum atomic E-state index is 13.9. The molecular formula is C21H25FN4O. The fraction of sp³-hybridized carbons (Fsp3) is 0.381. The van der Waals surface area contributed by atoms with Crippen molar-refractivity contribution in [1.82, 2.24) is 19.2 Å². The second kappa shape index (κ2) is 7.66. The Bertz CT molecular complexity index is 931. The predicted octanol–water partition coefficient (Wildman–Crippen LogP) is 3.11. The molecule has 5 nitrogen and oxygen atoms in total. The number of benzene rings is 1. The van der Waals surface area contributed by atoms with Crippen molar-refractivity contribution in [3.05, 3.63) is 65.4 Å². The molecule has 0 amide bonds. The first-order valence-electron chi connectivity index (χ1n) is 9.33. The van der Waals surface area contributed by atoms with Gasteiger partial charge in [-0.1, -0.05) is 12.1 Å². The fourth-order valence-corrected chi connectivity index (χ4v) is 3.68. The number of pyridine rings is 1. The standard InChI is InChI=1S/C21H25FN4O/c1-16-4-3-7-26-15-18(23-21(16)26)14-25-10-8-24(9-11-25)13-17-5-6-20(27-2)19(22)12-17/h3-7,12,15H,8-11,13-14H2,1-2H3. The first-order valence-corrected chi connectivity index (χ1v) is 9.33. The lowest BCUT2D eigenvalue weighted by molar-refractivity contribution is 0.121. The van der Waals surface area contributed by atoms with E-state index in [1.54, 1.807) is 12.1 Å². The molecule has 0 atom stereocenters. The van der Waals surface area contributed by atoms with Crippen molar-refractivity contribution in [2.45, 2.75) is 20.0 Å². The molecule has 3 heterocycles. The minimum atomic E-state index is -0.296. The molecule has 0 spiro atoms. The maximum absolute atomic E-state index is 13.9. The molecule has 1 saturated heterocycles. The van der Waals surface area contributed by atoms with E-state index >= 15 is 0 Å². The van der Waals surface area contributed by atoms with Crippen LogP contribution in [-0.4, -0.2) is 52.5 Å². The summed E-state index contributed by atoms with van der Waals surface area (Å²) < 4.78 is 20.9. The number of hydrogen-bond donors (Lipinski definition) is 0. The quantitative estimate of drug-likeness (QED) is 0.693. The average molecular weight is 368 g/mol. The molecular weight excluding hydrogens is 343 g/mol. The van der Waals surface area contributed by atoms with Gasteiger partial charge in [-0.15, -0.1) is 0 Å². The van der Waals surface area contributed by atoms with Gasteiger partial charge < -0.3 is 9.14 Å². The Morgan fingerprint density at radius 3 is 2.48 bits per heavy atom. The van der Waals surface area contributed by atoms with Gasteiger partial charge in [0, 0.05) is 51.7 Å². The van der Waals surface area contributed by atoms with Crippen LogP contribution in [0, 0.1) is 12.7 Å². The van der Waals surface area contributed by atoms with Gasteiger partial charge in [0.25, 0.3) is 0 Å². The first-order chi connectivity index (χ1) is 13.1. The van der Waals surface area contributed by atoms with E-state index in [2.05, 4.69) is 39.5 Å².